The van der Waals surface area contributed by atoms with Gasteiger partial charge in [-0.3, -0.25) is 23.2 Å². The van der Waals surface area contributed by atoms with E-state index in [1.54, 1.807) is 0 Å². The van der Waals surface area contributed by atoms with Crippen LogP contribution in [0.1, 0.15) is 194 Å². The van der Waals surface area contributed by atoms with Gasteiger partial charge in [0.15, 0.2) is 6.10 Å². The van der Waals surface area contributed by atoms with Crippen LogP contribution in [0.4, 0.5) is 0 Å². The summed E-state index contributed by atoms with van der Waals surface area (Å²) in [7, 11) is -10.7. The Kier molecular flexibility index (Phi) is 34.5. The van der Waals surface area contributed by atoms with Gasteiger partial charge in [0.25, 0.3) is 0 Å². The summed E-state index contributed by atoms with van der Waals surface area (Å²) in [6.07, 6.45) is 22.8. The van der Waals surface area contributed by atoms with Gasteiger partial charge >= 0.3 is 27.6 Å². The van der Waals surface area contributed by atoms with Crippen LogP contribution in [-0.4, -0.2) is 103 Å². The van der Waals surface area contributed by atoms with Gasteiger partial charge in [0.2, 0.25) is 0 Å². The van der Waals surface area contributed by atoms with Gasteiger partial charge < -0.3 is 44.6 Å². The minimum atomic E-state index is -5.36. The normalized spacial score (nSPS) is 22.1. The van der Waals surface area contributed by atoms with E-state index < -0.39 is 83.5 Å². The van der Waals surface area contributed by atoms with Crippen LogP contribution >= 0.6 is 15.6 Å². The molecule has 1 rings (SSSR count). The number of rotatable bonds is 40. The van der Waals surface area contributed by atoms with Crippen LogP contribution in [0.15, 0.2) is 24.3 Å². The number of esters is 2. The number of phosphoric ester groups is 2. The smallest absolute Gasteiger partial charge is 0.462 e. The van der Waals surface area contributed by atoms with Crippen molar-refractivity contribution in [2.45, 2.75) is 236 Å². The molecule has 8 unspecified atom stereocenters. The summed E-state index contributed by atoms with van der Waals surface area (Å²) in [5, 5.41) is 41.2. The van der Waals surface area contributed by atoms with Gasteiger partial charge in [-0.2, -0.15) is 0 Å². The highest BCUT2D eigenvalue weighted by Gasteiger charge is 2.54. The molecule has 0 saturated heterocycles. The van der Waals surface area contributed by atoms with E-state index in [0.29, 0.717) is 12.8 Å². The molecule has 0 heterocycles. The van der Waals surface area contributed by atoms with Crippen LogP contribution in [0.25, 0.3) is 0 Å². The van der Waals surface area contributed by atoms with Crippen molar-refractivity contribution in [3.8, 4) is 0 Å². The molecule has 370 valence electrons. The van der Waals surface area contributed by atoms with E-state index in [2.05, 4.69) is 42.7 Å². The SMILES string of the molecule is CCCCCC=CCC=CCCCCCCCC(=O)OC(COC(=O)CCCCCCCCCCCCCCCCC)COP(=O)(O)OC1C(O)C(O)C(O)C(OP(=O)(O)O)C1O. The molecule has 8 atom stereocenters. The number of carbonyl (C=O) groups excluding carboxylic acids is 2. The van der Waals surface area contributed by atoms with Crippen LogP contribution < -0.4 is 0 Å². The quantitative estimate of drug-likeness (QED) is 0.0131. The van der Waals surface area contributed by atoms with E-state index >= 15 is 0 Å². The number of hydrogen-bond donors (Lipinski definition) is 7. The van der Waals surface area contributed by atoms with Crippen LogP contribution in [0.2, 0.25) is 0 Å². The zero-order valence-electron chi connectivity index (χ0n) is 38.3. The van der Waals surface area contributed by atoms with Crippen molar-refractivity contribution in [1.82, 2.24) is 0 Å². The predicted molar refractivity (Wildman–Crippen MR) is 241 cm³/mol. The molecule has 63 heavy (non-hydrogen) atoms. The maximum absolute atomic E-state index is 13.0. The van der Waals surface area contributed by atoms with E-state index in [1.807, 2.05) is 0 Å². The lowest BCUT2D eigenvalue weighted by Gasteiger charge is -2.43. The first-order chi connectivity index (χ1) is 30.1. The average Bonchev–Trinajstić information content (AvgIpc) is 3.23. The van der Waals surface area contributed by atoms with E-state index in [1.165, 1.54) is 83.5 Å². The third-order valence-corrected chi connectivity index (χ3v) is 12.5. The molecule has 0 amide bonds. The molecule has 0 radical (unpaired) electrons. The van der Waals surface area contributed by atoms with Crippen molar-refractivity contribution in [3.63, 3.8) is 0 Å². The maximum atomic E-state index is 13.0. The summed E-state index contributed by atoms with van der Waals surface area (Å²) in [4.78, 5) is 54.2. The standard InChI is InChI=1S/C45H84O16P2/c1-3-5-7-9-11-13-15-17-19-21-23-25-27-29-31-33-38(46)57-35-37(59-39(47)34-32-30-28-26-24-22-20-18-16-14-12-10-8-6-4-2)36-58-63(55,56)61-45-42(50)40(48)41(49)44(43(45)51)60-62(52,53)54/h12,14,18,20,37,40-45,48-51H,3-11,13,15-17,19,21-36H2,1-2H3,(H,55,56)(H2,52,53,54). The highest BCUT2D eigenvalue weighted by atomic mass is 31.2. The monoisotopic (exact) mass is 943 g/mol. The Morgan fingerprint density at radius 3 is 1.41 bits per heavy atom. The third kappa shape index (κ3) is 31.2. The van der Waals surface area contributed by atoms with Crippen molar-refractivity contribution < 1.29 is 76.9 Å². The molecule has 1 fully saturated rings. The zero-order chi connectivity index (χ0) is 46.8. The number of ether oxygens (including phenoxy) is 2. The number of hydrogen-bond acceptors (Lipinski definition) is 13. The Bertz CT molecular complexity index is 1330. The van der Waals surface area contributed by atoms with Crippen LogP contribution in [0.5, 0.6) is 0 Å². The number of aliphatic hydroxyl groups is 4. The molecule has 1 saturated carbocycles. The van der Waals surface area contributed by atoms with Crippen LogP contribution in [0, 0.1) is 0 Å². The number of phosphoric acid groups is 2. The number of allylic oxidation sites excluding steroid dienone is 4. The average molecular weight is 943 g/mol. The molecule has 0 aliphatic heterocycles. The fourth-order valence-corrected chi connectivity index (χ4v) is 8.83. The molecule has 1 aliphatic rings. The minimum absolute atomic E-state index is 0.0307. The minimum Gasteiger partial charge on any atom is -0.462 e. The first-order valence-electron chi connectivity index (χ1n) is 23.9. The molecule has 7 N–H and O–H groups in total. The second-order valence-corrected chi connectivity index (χ2v) is 19.4. The lowest BCUT2D eigenvalue weighted by Crippen LogP contribution is -2.64. The molecule has 18 heteroatoms. The topological polar surface area (TPSA) is 256 Å². The number of aliphatic hydroxyl groups excluding tert-OH is 4. The first kappa shape index (κ1) is 59.5. The van der Waals surface area contributed by atoms with Gasteiger partial charge in [0.05, 0.1) is 6.61 Å². The molecule has 0 spiro atoms. The van der Waals surface area contributed by atoms with Gasteiger partial charge in [-0.1, -0.05) is 160 Å². The van der Waals surface area contributed by atoms with Crippen molar-refractivity contribution in [2.24, 2.45) is 0 Å². The van der Waals surface area contributed by atoms with E-state index in [0.717, 1.165) is 70.6 Å². The van der Waals surface area contributed by atoms with Crippen molar-refractivity contribution in [1.29, 1.82) is 0 Å². The maximum Gasteiger partial charge on any atom is 0.472 e. The van der Waals surface area contributed by atoms with Crippen molar-refractivity contribution in [3.05, 3.63) is 24.3 Å². The largest absolute Gasteiger partial charge is 0.472 e. The van der Waals surface area contributed by atoms with Crippen LogP contribution in [0.3, 0.4) is 0 Å². The van der Waals surface area contributed by atoms with Gasteiger partial charge in [-0.05, 0) is 44.9 Å². The molecule has 0 aromatic rings. The summed E-state index contributed by atoms with van der Waals surface area (Å²) in [5.74, 6) is -1.21. The highest BCUT2D eigenvalue weighted by Crippen LogP contribution is 2.49. The fourth-order valence-electron chi connectivity index (χ4n) is 7.29. The Morgan fingerprint density at radius 1 is 0.508 bits per heavy atom. The van der Waals surface area contributed by atoms with Gasteiger partial charge in [0, 0.05) is 12.8 Å². The van der Waals surface area contributed by atoms with Crippen molar-refractivity contribution in [2.75, 3.05) is 13.2 Å². The molecule has 1 aliphatic carbocycles. The zero-order valence-corrected chi connectivity index (χ0v) is 40.1. The molecule has 16 nitrogen and oxygen atoms in total. The lowest BCUT2D eigenvalue weighted by molar-refractivity contribution is -0.216. The summed E-state index contributed by atoms with van der Waals surface area (Å²) < 4.78 is 49.4. The molecule has 0 aromatic heterocycles. The van der Waals surface area contributed by atoms with E-state index in [9.17, 15) is 44.0 Å². The van der Waals surface area contributed by atoms with Gasteiger partial charge in [-0.15, -0.1) is 0 Å². The summed E-state index contributed by atoms with van der Waals surface area (Å²) in [6.45, 7) is 3.08. The second kappa shape index (κ2) is 36.6. The third-order valence-electron chi connectivity index (χ3n) is 11.0. The Morgan fingerprint density at radius 2 is 0.921 bits per heavy atom. The molecule has 0 bridgehead atoms. The first-order valence-corrected chi connectivity index (χ1v) is 26.9. The Hall–Kier alpha value is -1.52. The fraction of sp³-hybridized carbons (Fsp3) is 0.867. The molecular formula is C45H84O16P2. The summed E-state index contributed by atoms with van der Waals surface area (Å²) in [5.41, 5.74) is 0. The summed E-state index contributed by atoms with van der Waals surface area (Å²) >= 11 is 0. The Labute approximate surface area is 377 Å². The predicted octanol–water partition coefficient (Wildman–Crippen LogP) is 8.95. The Balaban J connectivity index is 2.59. The highest BCUT2D eigenvalue weighted by molar-refractivity contribution is 7.47. The van der Waals surface area contributed by atoms with E-state index in [-0.39, 0.29) is 12.8 Å². The molecule has 0 aromatic carbocycles. The van der Waals surface area contributed by atoms with Crippen LogP contribution in [-0.2, 0) is 41.8 Å². The van der Waals surface area contributed by atoms with Gasteiger partial charge in [-0.25, -0.2) is 9.13 Å². The molecular weight excluding hydrogens is 858 g/mol. The summed E-state index contributed by atoms with van der Waals surface area (Å²) in [6, 6.07) is 0. The van der Waals surface area contributed by atoms with Gasteiger partial charge in [0.1, 0.15) is 43.2 Å². The lowest BCUT2D eigenvalue weighted by atomic mass is 9.85. The van der Waals surface area contributed by atoms with E-state index in [4.69, 9.17) is 28.3 Å². The second-order valence-electron chi connectivity index (χ2n) is 16.8. The van der Waals surface area contributed by atoms with Crippen molar-refractivity contribution >= 4 is 27.6 Å². The number of carbonyl (C=O) groups is 2. The number of unbranched alkanes of at least 4 members (excludes halogenated alkanes) is 22.